The number of benzene rings is 2. The molecule has 0 unspecified atom stereocenters. The van der Waals surface area contributed by atoms with Crippen LogP contribution in [0.1, 0.15) is 31.9 Å². The van der Waals surface area contributed by atoms with Crippen molar-refractivity contribution in [1.29, 1.82) is 0 Å². The molecule has 154 valence electrons. The monoisotopic (exact) mass is 392 g/mol. The minimum atomic E-state index is -0.231. The number of aromatic nitrogens is 2. The highest BCUT2D eigenvalue weighted by atomic mass is 16.1. The summed E-state index contributed by atoms with van der Waals surface area (Å²) in [6.07, 6.45) is 2.71. The highest BCUT2D eigenvalue weighted by molar-refractivity contribution is 5.80. The van der Waals surface area contributed by atoms with Crippen LogP contribution in [0.2, 0.25) is 0 Å². The van der Waals surface area contributed by atoms with Crippen LogP contribution < -0.4 is 5.32 Å². The van der Waals surface area contributed by atoms with Gasteiger partial charge in [0.05, 0.1) is 11.7 Å². The van der Waals surface area contributed by atoms with Crippen LogP contribution in [0.15, 0.2) is 54.7 Å². The number of H-pyrrole nitrogens is 1. The molecule has 1 amide bonds. The number of likely N-dealkylation sites (N-methyl/N-ethyl adjacent to an activating group) is 1. The highest BCUT2D eigenvalue weighted by Crippen LogP contribution is 2.31. The number of nitrogens with zero attached hydrogens (tertiary/aromatic N) is 2. The third-order valence-electron chi connectivity index (χ3n) is 6.21. The van der Waals surface area contributed by atoms with E-state index in [1.54, 1.807) is 0 Å². The van der Waals surface area contributed by atoms with Gasteiger partial charge in [-0.15, -0.1) is 0 Å². The van der Waals surface area contributed by atoms with Crippen molar-refractivity contribution in [3.63, 3.8) is 0 Å². The van der Waals surface area contributed by atoms with Gasteiger partial charge in [0.1, 0.15) is 0 Å². The van der Waals surface area contributed by atoms with Gasteiger partial charge in [-0.2, -0.15) is 5.10 Å². The number of fused-ring (bicyclic) bond motifs is 1. The Morgan fingerprint density at radius 2 is 1.90 bits per heavy atom. The number of carbonyl (C=O) groups excluding carboxylic acids is 1. The summed E-state index contributed by atoms with van der Waals surface area (Å²) in [4.78, 5) is 15.1. The zero-order valence-electron chi connectivity index (χ0n) is 18.1. The molecule has 0 bridgehead atoms. The number of hydrogen-bond acceptors (Lipinski definition) is 3. The van der Waals surface area contributed by atoms with Crippen molar-refractivity contribution in [2.75, 3.05) is 20.6 Å². The highest BCUT2D eigenvalue weighted by Gasteiger charge is 2.33. The summed E-state index contributed by atoms with van der Waals surface area (Å²) in [5, 5.41) is 11.4. The predicted molar refractivity (Wildman–Crippen MR) is 119 cm³/mol. The fraction of sp³-hybridized carbons (Fsp3) is 0.417. The summed E-state index contributed by atoms with van der Waals surface area (Å²) in [5.41, 5.74) is 3.23. The van der Waals surface area contributed by atoms with Crippen LogP contribution in [0, 0.1) is 5.92 Å². The first-order chi connectivity index (χ1) is 13.8. The molecule has 0 fully saturated rings. The molecule has 0 aliphatic carbocycles. The van der Waals surface area contributed by atoms with Crippen molar-refractivity contribution >= 4 is 16.8 Å². The lowest BCUT2D eigenvalue weighted by Gasteiger charge is -2.32. The Morgan fingerprint density at radius 1 is 1.17 bits per heavy atom. The molecular formula is C24H32N4O. The summed E-state index contributed by atoms with van der Waals surface area (Å²) in [7, 11) is 4.12. The van der Waals surface area contributed by atoms with E-state index >= 15 is 0 Å². The Bertz CT molecular complexity index is 946. The van der Waals surface area contributed by atoms with Crippen LogP contribution in [-0.4, -0.2) is 47.7 Å². The van der Waals surface area contributed by atoms with E-state index in [4.69, 9.17) is 0 Å². The van der Waals surface area contributed by atoms with Crippen molar-refractivity contribution in [1.82, 2.24) is 20.4 Å². The first kappa shape index (κ1) is 21.1. The van der Waals surface area contributed by atoms with Crippen LogP contribution >= 0.6 is 0 Å². The molecule has 0 aliphatic heterocycles. The number of aromatic amines is 1. The Hall–Kier alpha value is -2.66. The number of rotatable bonds is 8. The second-order valence-corrected chi connectivity index (χ2v) is 8.67. The normalized spacial score (nSPS) is 14.1. The molecule has 0 spiro atoms. The molecule has 0 aliphatic rings. The largest absolute Gasteiger partial charge is 0.354 e. The van der Waals surface area contributed by atoms with Gasteiger partial charge in [-0.1, -0.05) is 57.2 Å². The fourth-order valence-corrected chi connectivity index (χ4v) is 3.65. The maximum atomic E-state index is 12.9. The van der Waals surface area contributed by atoms with Gasteiger partial charge in [0.2, 0.25) is 5.91 Å². The lowest BCUT2D eigenvalue weighted by atomic mass is 9.74. The average Bonchev–Trinajstić information content (AvgIpc) is 3.18. The molecule has 2 aromatic carbocycles. The van der Waals surface area contributed by atoms with Crippen LogP contribution in [0.5, 0.6) is 0 Å². The van der Waals surface area contributed by atoms with E-state index in [1.165, 1.54) is 11.1 Å². The molecule has 2 N–H and O–H groups in total. The summed E-state index contributed by atoms with van der Waals surface area (Å²) in [5.74, 6) is -0.0361. The van der Waals surface area contributed by atoms with Crippen molar-refractivity contribution in [2.45, 2.75) is 38.6 Å². The number of carbonyl (C=O) groups is 1. The van der Waals surface area contributed by atoms with Gasteiger partial charge in [0.25, 0.3) is 0 Å². The summed E-state index contributed by atoms with van der Waals surface area (Å²) < 4.78 is 0. The maximum absolute atomic E-state index is 12.9. The van der Waals surface area contributed by atoms with Gasteiger partial charge in [-0.05, 0) is 43.8 Å². The Labute approximate surface area is 173 Å². The Balaban J connectivity index is 1.64. The molecule has 1 aromatic heterocycles. The molecule has 0 saturated heterocycles. The van der Waals surface area contributed by atoms with Crippen LogP contribution in [0.4, 0.5) is 0 Å². The number of nitrogens with one attached hydrogen (secondary N) is 2. The summed E-state index contributed by atoms with van der Waals surface area (Å²) in [6.45, 7) is 6.90. The van der Waals surface area contributed by atoms with E-state index in [9.17, 15) is 4.79 Å². The first-order valence-electron chi connectivity index (χ1n) is 10.2. The quantitative estimate of drug-likeness (QED) is 0.613. The molecule has 3 aromatic rings. The van der Waals surface area contributed by atoms with Crippen molar-refractivity contribution in [3.8, 4) is 0 Å². The first-order valence-corrected chi connectivity index (χ1v) is 10.2. The molecule has 5 heteroatoms. The molecule has 2 atom stereocenters. The molecule has 29 heavy (non-hydrogen) atoms. The predicted octanol–water partition coefficient (Wildman–Crippen LogP) is 3.77. The SMILES string of the molecule is C[C@@H](C(=O)NC[C@H](Cc1ccc2[nH]ncc2c1)N(C)C)C(C)(C)c1ccccc1. The zero-order chi connectivity index (χ0) is 21.0. The van der Waals surface area contributed by atoms with Crippen LogP contribution in [0.25, 0.3) is 10.9 Å². The second kappa shape index (κ2) is 8.78. The van der Waals surface area contributed by atoms with Gasteiger partial charge in [-0.3, -0.25) is 9.89 Å². The molecular weight excluding hydrogens is 360 g/mol. The Kier molecular flexibility index (Phi) is 6.38. The smallest absolute Gasteiger partial charge is 0.223 e. The van der Waals surface area contributed by atoms with Gasteiger partial charge < -0.3 is 10.2 Å². The Morgan fingerprint density at radius 3 is 2.59 bits per heavy atom. The fourth-order valence-electron chi connectivity index (χ4n) is 3.65. The third-order valence-corrected chi connectivity index (χ3v) is 6.21. The topological polar surface area (TPSA) is 61.0 Å². The van der Waals surface area contributed by atoms with E-state index in [0.29, 0.717) is 6.54 Å². The average molecular weight is 393 g/mol. The number of hydrogen-bond donors (Lipinski definition) is 2. The van der Waals surface area contributed by atoms with Crippen molar-refractivity contribution in [2.24, 2.45) is 5.92 Å². The molecule has 5 nitrogen and oxygen atoms in total. The standard InChI is InChI=1S/C24H32N4O/c1-17(24(2,3)20-9-7-6-8-10-20)23(29)25-16-21(28(4)5)14-18-11-12-22-19(13-18)15-26-27-22/h6-13,15,17,21H,14,16H2,1-5H3,(H,25,29)(H,26,27)/t17-,21-/m0/s1. The molecule has 1 heterocycles. The summed E-state index contributed by atoms with van der Waals surface area (Å²) >= 11 is 0. The molecule has 0 saturated carbocycles. The van der Waals surface area contributed by atoms with Gasteiger partial charge in [0.15, 0.2) is 0 Å². The minimum absolute atomic E-state index is 0.0935. The second-order valence-electron chi connectivity index (χ2n) is 8.67. The van der Waals surface area contributed by atoms with Crippen LogP contribution in [-0.2, 0) is 16.6 Å². The van der Waals surface area contributed by atoms with Crippen molar-refractivity contribution in [3.05, 3.63) is 65.9 Å². The third kappa shape index (κ3) is 4.85. The lowest BCUT2D eigenvalue weighted by Crippen LogP contribution is -2.46. The van der Waals surface area contributed by atoms with Crippen molar-refractivity contribution < 1.29 is 4.79 Å². The van der Waals surface area contributed by atoms with E-state index in [2.05, 4.69) is 78.7 Å². The van der Waals surface area contributed by atoms with Gasteiger partial charge in [-0.25, -0.2) is 0 Å². The van der Waals surface area contributed by atoms with Gasteiger partial charge in [0, 0.05) is 29.3 Å². The maximum Gasteiger partial charge on any atom is 0.223 e. The number of amides is 1. The van der Waals surface area contributed by atoms with E-state index in [-0.39, 0.29) is 23.3 Å². The van der Waals surface area contributed by atoms with E-state index in [0.717, 1.165) is 17.3 Å². The van der Waals surface area contributed by atoms with E-state index < -0.39 is 0 Å². The van der Waals surface area contributed by atoms with Gasteiger partial charge >= 0.3 is 0 Å². The molecule has 3 rings (SSSR count). The van der Waals surface area contributed by atoms with Crippen LogP contribution in [0.3, 0.4) is 0 Å². The minimum Gasteiger partial charge on any atom is -0.354 e. The zero-order valence-corrected chi connectivity index (χ0v) is 18.1. The summed E-state index contributed by atoms with van der Waals surface area (Å²) in [6, 6.07) is 16.8. The molecule has 0 radical (unpaired) electrons. The van der Waals surface area contributed by atoms with E-state index in [1.807, 2.05) is 31.3 Å². The lowest BCUT2D eigenvalue weighted by molar-refractivity contribution is -0.126.